The minimum atomic E-state index is -3.45. The van der Waals surface area contributed by atoms with E-state index in [2.05, 4.69) is 10.0 Å². The van der Waals surface area contributed by atoms with Crippen LogP contribution in [0.5, 0.6) is 0 Å². The molecule has 0 unspecified atom stereocenters. The monoisotopic (exact) mass is 244 g/mol. The summed E-state index contributed by atoms with van der Waals surface area (Å²) in [6.07, 6.45) is 3.67. The molecule has 1 heterocycles. The minimum Gasteiger partial charge on any atom is -0.447 e. The summed E-state index contributed by atoms with van der Waals surface area (Å²) in [4.78, 5) is 0. The SMILES string of the molecule is CNS(=O)(=O)c1ccc(CNC2CCC2)o1. The molecule has 1 saturated carbocycles. The van der Waals surface area contributed by atoms with Gasteiger partial charge in [-0.25, -0.2) is 13.1 Å². The van der Waals surface area contributed by atoms with E-state index in [-0.39, 0.29) is 5.09 Å². The highest BCUT2D eigenvalue weighted by Gasteiger charge is 2.19. The van der Waals surface area contributed by atoms with Crippen molar-refractivity contribution in [1.82, 2.24) is 10.0 Å². The molecule has 6 heteroatoms. The fourth-order valence-electron chi connectivity index (χ4n) is 1.56. The fourth-order valence-corrected chi connectivity index (χ4v) is 2.22. The van der Waals surface area contributed by atoms with E-state index in [0.717, 1.165) is 0 Å². The van der Waals surface area contributed by atoms with E-state index in [1.807, 2.05) is 0 Å². The molecule has 1 aromatic rings. The highest BCUT2D eigenvalue weighted by atomic mass is 32.2. The van der Waals surface area contributed by atoms with Crippen LogP contribution in [-0.2, 0) is 16.6 Å². The normalized spacial score (nSPS) is 17.3. The van der Waals surface area contributed by atoms with E-state index in [0.29, 0.717) is 18.3 Å². The van der Waals surface area contributed by atoms with Crippen molar-refractivity contribution in [2.24, 2.45) is 0 Å². The van der Waals surface area contributed by atoms with E-state index < -0.39 is 10.0 Å². The Kier molecular flexibility index (Phi) is 3.32. The second-order valence-electron chi connectivity index (χ2n) is 3.94. The van der Waals surface area contributed by atoms with Gasteiger partial charge in [0.05, 0.1) is 6.54 Å². The number of nitrogens with one attached hydrogen (secondary N) is 2. The van der Waals surface area contributed by atoms with Gasteiger partial charge in [-0.1, -0.05) is 6.42 Å². The lowest BCUT2D eigenvalue weighted by Crippen LogP contribution is -2.34. The summed E-state index contributed by atoms with van der Waals surface area (Å²) >= 11 is 0. The topological polar surface area (TPSA) is 71.3 Å². The zero-order valence-electron chi connectivity index (χ0n) is 9.19. The Labute approximate surface area is 95.3 Å². The van der Waals surface area contributed by atoms with Crippen LogP contribution >= 0.6 is 0 Å². The second kappa shape index (κ2) is 4.57. The lowest BCUT2D eigenvalue weighted by atomic mass is 9.93. The third-order valence-corrected chi connectivity index (χ3v) is 4.13. The molecule has 1 aliphatic rings. The Balaban J connectivity index is 1.96. The smallest absolute Gasteiger partial charge is 0.273 e. The van der Waals surface area contributed by atoms with Crippen LogP contribution in [0.25, 0.3) is 0 Å². The van der Waals surface area contributed by atoms with Gasteiger partial charge in [-0.15, -0.1) is 0 Å². The van der Waals surface area contributed by atoms with Crippen molar-refractivity contribution in [2.75, 3.05) is 7.05 Å². The summed E-state index contributed by atoms with van der Waals surface area (Å²) in [6, 6.07) is 3.73. The van der Waals surface area contributed by atoms with Gasteiger partial charge in [0, 0.05) is 6.04 Å². The largest absolute Gasteiger partial charge is 0.447 e. The zero-order chi connectivity index (χ0) is 11.6. The maximum Gasteiger partial charge on any atom is 0.273 e. The van der Waals surface area contributed by atoms with Gasteiger partial charge in [-0.05, 0) is 32.0 Å². The Morgan fingerprint density at radius 3 is 2.75 bits per heavy atom. The third kappa shape index (κ3) is 2.45. The minimum absolute atomic E-state index is 0.0274. The molecule has 0 bridgehead atoms. The number of hydrogen-bond donors (Lipinski definition) is 2. The summed E-state index contributed by atoms with van der Waals surface area (Å²) in [5.41, 5.74) is 0. The molecular weight excluding hydrogens is 228 g/mol. The Hall–Kier alpha value is -0.850. The van der Waals surface area contributed by atoms with Crippen molar-refractivity contribution in [2.45, 2.75) is 36.9 Å². The van der Waals surface area contributed by atoms with Crippen LogP contribution in [0.3, 0.4) is 0 Å². The molecule has 16 heavy (non-hydrogen) atoms. The van der Waals surface area contributed by atoms with Crippen LogP contribution in [-0.4, -0.2) is 21.5 Å². The molecule has 1 fully saturated rings. The number of sulfonamides is 1. The molecular formula is C10H16N2O3S. The van der Waals surface area contributed by atoms with Crippen molar-refractivity contribution < 1.29 is 12.8 Å². The molecule has 0 saturated heterocycles. The fraction of sp³-hybridized carbons (Fsp3) is 0.600. The van der Waals surface area contributed by atoms with Crippen LogP contribution < -0.4 is 10.0 Å². The van der Waals surface area contributed by atoms with Crippen molar-refractivity contribution in [1.29, 1.82) is 0 Å². The zero-order valence-corrected chi connectivity index (χ0v) is 10.0. The molecule has 0 aromatic carbocycles. The molecule has 2 rings (SSSR count). The molecule has 0 spiro atoms. The molecule has 0 atom stereocenters. The van der Waals surface area contributed by atoms with Crippen molar-refractivity contribution in [3.8, 4) is 0 Å². The number of furan rings is 1. The average Bonchev–Trinajstić information content (AvgIpc) is 2.65. The predicted molar refractivity (Wildman–Crippen MR) is 59.4 cm³/mol. The Bertz CT molecular complexity index is 448. The van der Waals surface area contributed by atoms with E-state index in [9.17, 15) is 8.42 Å². The molecule has 0 radical (unpaired) electrons. The van der Waals surface area contributed by atoms with Crippen LogP contribution in [0.15, 0.2) is 21.6 Å². The van der Waals surface area contributed by atoms with Gasteiger partial charge >= 0.3 is 0 Å². The van der Waals surface area contributed by atoms with Gasteiger partial charge in [0.1, 0.15) is 5.76 Å². The van der Waals surface area contributed by atoms with Gasteiger partial charge in [-0.3, -0.25) is 0 Å². The summed E-state index contributed by atoms with van der Waals surface area (Å²) in [6.45, 7) is 0.587. The van der Waals surface area contributed by atoms with Gasteiger partial charge in [0.25, 0.3) is 10.0 Å². The second-order valence-corrected chi connectivity index (χ2v) is 5.75. The van der Waals surface area contributed by atoms with Gasteiger partial charge in [0.15, 0.2) is 0 Å². The van der Waals surface area contributed by atoms with Crippen LogP contribution in [0, 0.1) is 0 Å². The Morgan fingerprint density at radius 2 is 2.19 bits per heavy atom. The van der Waals surface area contributed by atoms with Gasteiger partial charge in [0.2, 0.25) is 5.09 Å². The maximum absolute atomic E-state index is 11.4. The summed E-state index contributed by atoms with van der Waals surface area (Å²) in [5.74, 6) is 0.653. The molecule has 1 aromatic heterocycles. The van der Waals surface area contributed by atoms with Crippen molar-refractivity contribution in [3.63, 3.8) is 0 Å². The van der Waals surface area contributed by atoms with Crippen molar-refractivity contribution in [3.05, 3.63) is 17.9 Å². The lowest BCUT2D eigenvalue weighted by molar-refractivity contribution is 0.316. The first-order valence-electron chi connectivity index (χ1n) is 5.37. The molecule has 5 nitrogen and oxygen atoms in total. The van der Waals surface area contributed by atoms with Crippen molar-refractivity contribution >= 4 is 10.0 Å². The first kappa shape index (κ1) is 11.6. The van der Waals surface area contributed by atoms with E-state index in [1.165, 1.54) is 32.4 Å². The third-order valence-electron chi connectivity index (χ3n) is 2.84. The summed E-state index contributed by atoms with van der Waals surface area (Å²) in [7, 11) is -2.09. The first-order chi connectivity index (χ1) is 7.62. The molecule has 2 N–H and O–H groups in total. The highest BCUT2D eigenvalue weighted by Crippen LogP contribution is 2.19. The molecule has 90 valence electrons. The summed E-state index contributed by atoms with van der Waals surface area (Å²) < 4.78 is 30.3. The van der Waals surface area contributed by atoms with E-state index >= 15 is 0 Å². The number of hydrogen-bond acceptors (Lipinski definition) is 4. The summed E-state index contributed by atoms with van der Waals surface area (Å²) in [5, 5.41) is 3.28. The van der Waals surface area contributed by atoms with E-state index in [4.69, 9.17) is 4.42 Å². The first-order valence-corrected chi connectivity index (χ1v) is 6.86. The number of rotatable bonds is 5. The quantitative estimate of drug-likeness (QED) is 0.804. The van der Waals surface area contributed by atoms with Crippen LogP contribution in [0.2, 0.25) is 0 Å². The Morgan fingerprint density at radius 1 is 1.44 bits per heavy atom. The van der Waals surface area contributed by atoms with Gasteiger partial charge < -0.3 is 9.73 Å². The predicted octanol–water partition coefficient (Wildman–Crippen LogP) is 0.830. The lowest BCUT2D eigenvalue weighted by Gasteiger charge is -2.25. The molecule has 1 aliphatic carbocycles. The van der Waals surface area contributed by atoms with Crippen LogP contribution in [0.4, 0.5) is 0 Å². The van der Waals surface area contributed by atoms with E-state index in [1.54, 1.807) is 6.07 Å². The van der Waals surface area contributed by atoms with Gasteiger partial charge in [-0.2, -0.15) is 0 Å². The molecule has 0 amide bonds. The van der Waals surface area contributed by atoms with Crippen LogP contribution in [0.1, 0.15) is 25.0 Å². The standard InChI is InChI=1S/C10H16N2O3S/c1-11-16(13,14)10-6-5-9(15-10)7-12-8-3-2-4-8/h5-6,8,11-12H,2-4,7H2,1H3. The molecule has 0 aliphatic heterocycles. The maximum atomic E-state index is 11.4. The highest BCUT2D eigenvalue weighted by molar-refractivity contribution is 7.89. The average molecular weight is 244 g/mol.